The molecule has 1 amide bonds. The summed E-state index contributed by atoms with van der Waals surface area (Å²) in [4.78, 5) is 15.5. The molecule has 1 unspecified atom stereocenters. The van der Waals surface area contributed by atoms with E-state index in [0.29, 0.717) is 22.8 Å². The molecule has 0 heterocycles. The SMILES string of the molecule is CSCSCOC(=O)NCSCSCSCN=CS(=O)CSCSCO. The molecule has 0 aliphatic carbocycles. The summed E-state index contributed by atoms with van der Waals surface area (Å²) in [5.74, 6) is 1.61. The minimum Gasteiger partial charge on any atom is -0.438 e. The molecule has 0 radical (unpaired) electrons. The summed E-state index contributed by atoms with van der Waals surface area (Å²) in [6, 6.07) is 0. The molecule has 0 bridgehead atoms. The number of aliphatic imine (C=N–C) groups is 1. The molecule has 0 spiro atoms. The summed E-state index contributed by atoms with van der Waals surface area (Å²) in [6.45, 7) is 0. The van der Waals surface area contributed by atoms with Crippen LogP contribution < -0.4 is 5.32 Å². The van der Waals surface area contributed by atoms with Gasteiger partial charge in [0.25, 0.3) is 0 Å². The lowest BCUT2D eigenvalue weighted by Gasteiger charge is -2.06. The molecule has 154 valence electrons. The number of hydrogen-bond donors (Lipinski definition) is 2. The van der Waals surface area contributed by atoms with E-state index in [2.05, 4.69) is 10.3 Å². The highest BCUT2D eigenvalue weighted by Gasteiger charge is 2.00. The summed E-state index contributed by atoms with van der Waals surface area (Å²) < 4.78 is 16.6. The first-order valence-electron chi connectivity index (χ1n) is 7.04. The van der Waals surface area contributed by atoms with Crippen molar-refractivity contribution in [3.63, 3.8) is 0 Å². The normalized spacial score (nSPS) is 12.4. The van der Waals surface area contributed by atoms with Crippen molar-refractivity contribution in [1.82, 2.24) is 5.32 Å². The fourth-order valence-corrected chi connectivity index (χ4v) is 7.89. The van der Waals surface area contributed by atoms with Gasteiger partial charge in [0.2, 0.25) is 0 Å². The lowest BCUT2D eigenvalue weighted by Crippen LogP contribution is -2.23. The summed E-state index contributed by atoms with van der Waals surface area (Å²) >= 11 is 11.2. The average Bonchev–Trinajstić information content (AvgIpc) is 2.64. The number of carbonyl (C=O) groups is 1. The zero-order chi connectivity index (χ0) is 19.3. The quantitative estimate of drug-likeness (QED) is 0.120. The van der Waals surface area contributed by atoms with Crippen LogP contribution in [0.2, 0.25) is 0 Å². The van der Waals surface area contributed by atoms with E-state index >= 15 is 0 Å². The first-order valence-corrected chi connectivity index (χ1v) is 16.7. The van der Waals surface area contributed by atoms with Crippen LogP contribution in [-0.2, 0) is 15.5 Å². The van der Waals surface area contributed by atoms with Gasteiger partial charge in [0.15, 0.2) is 0 Å². The summed E-state index contributed by atoms with van der Waals surface area (Å²) in [5.41, 5.74) is 1.50. The second kappa shape index (κ2) is 22.8. The number of rotatable bonds is 18. The number of amides is 1. The number of aliphatic hydroxyl groups excluding tert-OH is 1. The van der Waals surface area contributed by atoms with Gasteiger partial charge >= 0.3 is 6.09 Å². The van der Waals surface area contributed by atoms with Gasteiger partial charge in [-0.15, -0.1) is 70.6 Å². The summed E-state index contributed by atoms with van der Waals surface area (Å²) in [6.07, 6.45) is 1.63. The van der Waals surface area contributed by atoms with Gasteiger partial charge in [-0.3, -0.25) is 9.20 Å². The predicted octanol–water partition coefficient (Wildman–Crippen LogP) is 3.86. The summed E-state index contributed by atoms with van der Waals surface area (Å²) in [7, 11) is -1.05. The number of ether oxygens (including phenoxy) is 1. The maximum Gasteiger partial charge on any atom is 0.408 e. The Balaban J connectivity index is 3.31. The van der Waals surface area contributed by atoms with Gasteiger partial charge in [-0.05, 0) is 6.26 Å². The van der Waals surface area contributed by atoms with Crippen molar-refractivity contribution in [2.24, 2.45) is 4.99 Å². The Morgan fingerprint density at radius 3 is 2.65 bits per heavy atom. The molecule has 6 nitrogen and oxygen atoms in total. The molecule has 0 rings (SSSR count). The van der Waals surface area contributed by atoms with Gasteiger partial charge < -0.3 is 15.2 Å². The van der Waals surface area contributed by atoms with Gasteiger partial charge in [-0.25, -0.2) is 4.79 Å². The molecule has 0 saturated heterocycles. The van der Waals surface area contributed by atoms with E-state index < -0.39 is 10.8 Å². The van der Waals surface area contributed by atoms with Crippen molar-refractivity contribution in [3.8, 4) is 0 Å². The van der Waals surface area contributed by atoms with Crippen LogP contribution >= 0.6 is 82.3 Å². The molecular formula is C12H24N2O4S8. The Kier molecular flexibility index (Phi) is 24.1. The number of nitrogens with one attached hydrogen (secondary N) is 1. The van der Waals surface area contributed by atoms with E-state index in [4.69, 9.17) is 9.84 Å². The van der Waals surface area contributed by atoms with Gasteiger partial charge in [0, 0.05) is 20.3 Å². The Bertz CT molecular complexity index is 392. The molecule has 2 N–H and O–H groups in total. The standard InChI is InChI=1S/C12H24N2O4S8/c1-19-7-23-6-18-12(16)14-3-21-9-24-8-20-2-13-4-26(17)11-25-10-22-5-15/h4,15H,2-3,5-11H2,1H3,(H,14,16). The molecule has 0 aromatic carbocycles. The van der Waals surface area contributed by atoms with E-state index in [9.17, 15) is 9.00 Å². The number of alkyl carbamates (subject to hydrolysis) is 1. The Labute approximate surface area is 188 Å². The third-order valence-electron chi connectivity index (χ3n) is 1.94. The molecule has 0 aromatic rings. The number of aliphatic hydroxyl groups is 1. The van der Waals surface area contributed by atoms with Gasteiger partial charge in [-0.1, -0.05) is 0 Å². The number of hydrogen-bond acceptors (Lipinski definition) is 12. The maximum absolute atomic E-state index is 11.6. The van der Waals surface area contributed by atoms with Gasteiger partial charge in [-0.2, -0.15) is 11.8 Å². The van der Waals surface area contributed by atoms with Crippen LogP contribution in [0.25, 0.3) is 0 Å². The smallest absolute Gasteiger partial charge is 0.408 e. The van der Waals surface area contributed by atoms with Crippen LogP contribution in [0.15, 0.2) is 4.99 Å². The second-order valence-electron chi connectivity index (χ2n) is 3.90. The van der Waals surface area contributed by atoms with Gasteiger partial charge in [0.1, 0.15) is 5.94 Å². The van der Waals surface area contributed by atoms with Crippen LogP contribution in [0.5, 0.6) is 0 Å². The first kappa shape index (κ1) is 27.5. The van der Waals surface area contributed by atoms with E-state index in [-0.39, 0.29) is 12.0 Å². The lowest BCUT2D eigenvalue weighted by molar-refractivity contribution is 0.168. The Morgan fingerprint density at radius 2 is 1.88 bits per heavy atom. The van der Waals surface area contributed by atoms with Crippen molar-refractivity contribution in [1.29, 1.82) is 0 Å². The zero-order valence-electron chi connectivity index (χ0n) is 14.3. The van der Waals surface area contributed by atoms with Crippen LogP contribution in [-0.4, -0.2) is 76.3 Å². The maximum atomic E-state index is 11.6. The minimum absolute atomic E-state index is 0.0952. The molecule has 26 heavy (non-hydrogen) atoms. The molecule has 0 fully saturated rings. The van der Waals surface area contributed by atoms with E-state index in [1.165, 1.54) is 29.1 Å². The largest absolute Gasteiger partial charge is 0.438 e. The van der Waals surface area contributed by atoms with Crippen LogP contribution in [0.3, 0.4) is 0 Å². The molecule has 14 heteroatoms. The van der Waals surface area contributed by atoms with Crippen molar-refractivity contribution in [2.75, 3.05) is 55.3 Å². The van der Waals surface area contributed by atoms with Crippen molar-refractivity contribution >= 4 is 105 Å². The van der Waals surface area contributed by atoms with Crippen LogP contribution in [0, 0.1) is 0 Å². The fourth-order valence-electron chi connectivity index (χ4n) is 1.01. The Morgan fingerprint density at radius 1 is 1.12 bits per heavy atom. The predicted molar refractivity (Wildman–Crippen MR) is 131 cm³/mol. The molecule has 0 saturated carbocycles. The van der Waals surface area contributed by atoms with Crippen molar-refractivity contribution in [2.45, 2.75) is 0 Å². The fraction of sp³-hybridized carbons (Fsp3) is 0.833. The average molecular weight is 517 g/mol. The van der Waals surface area contributed by atoms with E-state index in [1.54, 1.807) is 58.8 Å². The lowest BCUT2D eigenvalue weighted by atomic mass is 11.1. The molecular weight excluding hydrogens is 493 g/mol. The highest BCUT2D eigenvalue weighted by atomic mass is 32.2. The second-order valence-corrected chi connectivity index (χ2v) is 13.7. The molecule has 0 aliphatic heterocycles. The van der Waals surface area contributed by atoms with E-state index in [0.717, 1.165) is 20.3 Å². The number of nitrogens with zero attached hydrogens (tertiary/aromatic N) is 1. The first-order chi connectivity index (χ1) is 12.7. The third kappa shape index (κ3) is 21.8. The number of thioether (sulfide) groups is 7. The third-order valence-corrected chi connectivity index (χ3v) is 10.7. The number of carbonyl (C=O) groups excluding carboxylic acids is 1. The summed E-state index contributed by atoms with van der Waals surface area (Å²) in [5, 5.41) is 15.2. The molecule has 0 aromatic heterocycles. The molecule has 0 aliphatic rings. The highest BCUT2D eigenvalue weighted by Crippen LogP contribution is 2.17. The Hall–Kier alpha value is 1.50. The van der Waals surface area contributed by atoms with E-state index in [1.807, 2.05) is 6.26 Å². The zero-order valence-corrected chi connectivity index (χ0v) is 20.9. The van der Waals surface area contributed by atoms with Crippen molar-refractivity contribution < 1.29 is 18.8 Å². The minimum atomic E-state index is -1.05. The monoisotopic (exact) mass is 516 g/mol. The van der Waals surface area contributed by atoms with Gasteiger partial charge in [0.05, 0.1) is 39.1 Å². The van der Waals surface area contributed by atoms with Crippen molar-refractivity contribution in [3.05, 3.63) is 0 Å². The van der Waals surface area contributed by atoms with Crippen LogP contribution in [0.4, 0.5) is 4.79 Å². The molecule has 1 atom stereocenters. The van der Waals surface area contributed by atoms with Crippen LogP contribution in [0.1, 0.15) is 0 Å². The topological polar surface area (TPSA) is 88.0 Å². The highest BCUT2D eigenvalue weighted by molar-refractivity contribution is 8.23.